The minimum atomic E-state index is 0. The average molecular weight is 285 g/mol. The van der Waals surface area contributed by atoms with Crippen LogP contribution in [0.25, 0.3) is 0 Å². The van der Waals surface area contributed by atoms with Crippen LogP contribution >= 0.6 is 0 Å². The standard InChI is InChI=1S/C15H23NO2.ClH/c1-13-5-3-6-14(2)15(13)18-10-4-7-16-8-11-17-12-9-16;/h3,5-6H,4,7-12H2,1-2H3;1H/p-1. The zero-order valence-corrected chi connectivity index (χ0v) is 12.6. The third-order valence-electron chi connectivity index (χ3n) is 3.38. The zero-order valence-electron chi connectivity index (χ0n) is 11.8. The number of nitrogens with zero attached hydrogens (tertiary/aromatic N) is 1. The van der Waals surface area contributed by atoms with Crippen LogP contribution in [0, 0.1) is 13.8 Å². The molecule has 108 valence electrons. The zero-order chi connectivity index (χ0) is 12.8. The molecule has 1 aromatic rings. The van der Waals surface area contributed by atoms with E-state index in [2.05, 4.69) is 36.9 Å². The molecule has 1 aliphatic heterocycles. The summed E-state index contributed by atoms with van der Waals surface area (Å²) in [4.78, 5) is 2.44. The lowest BCUT2D eigenvalue weighted by Gasteiger charge is -2.26. The maximum atomic E-state index is 5.90. The molecule has 0 N–H and O–H groups in total. The normalized spacial score (nSPS) is 15.9. The predicted molar refractivity (Wildman–Crippen MR) is 73.3 cm³/mol. The Balaban J connectivity index is 0.00000180. The van der Waals surface area contributed by atoms with Crippen molar-refractivity contribution < 1.29 is 21.9 Å². The first kappa shape index (κ1) is 16.3. The Hall–Kier alpha value is -0.770. The van der Waals surface area contributed by atoms with Gasteiger partial charge in [0.25, 0.3) is 0 Å². The number of hydrogen-bond acceptors (Lipinski definition) is 3. The first-order valence-corrected chi connectivity index (χ1v) is 6.76. The molecule has 0 bridgehead atoms. The Bertz CT molecular complexity index is 358. The number of ether oxygens (including phenoxy) is 2. The van der Waals surface area contributed by atoms with Crippen LogP contribution in [0.4, 0.5) is 0 Å². The smallest absolute Gasteiger partial charge is 0.125 e. The van der Waals surface area contributed by atoms with E-state index in [-0.39, 0.29) is 12.4 Å². The van der Waals surface area contributed by atoms with Gasteiger partial charge in [-0.2, -0.15) is 0 Å². The van der Waals surface area contributed by atoms with Crippen LogP contribution in [-0.4, -0.2) is 44.4 Å². The molecule has 1 aliphatic rings. The highest BCUT2D eigenvalue weighted by Gasteiger charge is 2.09. The third-order valence-corrected chi connectivity index (χ3v) is 3.38. The summed E-state index contributed by atoms with van der Waals surface area (Å²) in [7, 11) is 0. The molecule has 0 aliphatic carbocycles. The summed E-state index contributed by atoms with van der Waals surface area (Å²) in [6.45, 7) is 9.97. The Morgan fingerprint density at radius 1 is 1.16 bits per heavy atom. The SMILES string of the molecule is Cc1cccc(C)c1OCCCN1CCOCC1.[Cl-]. The lowest BCUT2D eigenvalue weighted by Crippen LogP contribution is -3.00. The van der Waals surface area contributed by atoms with Crippen molar-refractivity contribution in [3.05, 3.63) is 29.3 Å². The molecule has 2 rings (SSSR count). The quantitative estimate of drug-likeness (QED) is 0.675. The van der Waals surface area contributed by atoms with Crippen LogP contribution in [0.1, 0.15) is 17.5 Å². The number of para-hydroxylation sites is 1. The van der Waals surface area contributed by atoms with Crippen LogP contribution < -0.4 is 17.1 Å². The molecular weight excluding hydrogens is 262 g/mol. The molecule has 4 heteroatoms. The van der Waals surface area contributed by atoms with Gasteiger partial charge in [-0.1, -0.05) is 18.2 Å². The lowest BCUT2D eigenvalue weighted by molar-refractivity contribution is -0.00000555. The minimum Gasteiger partial charge on any atom is -1.00 e. The van der Waals surface area contributed by atoms with Crippen molar-refractivity contribution in [2.45, 2.75) is 20.3 Å². The molecule has 0 atom stereocenters. The molecule has 1 fully saturated rings. The van der Waals surface area contributed by atoms with E-state index < -0.39 is 0 Å². The second kappa shape index (κ2) is 8.41. The van der Waals surface area contributed by atoms with Crippen molar-refractivity contribution in [2.24, 2.45) is 0 Å². The van der Waals surface area contributed by atoms with Gasteiger partial charge in [-0.25, -0.2) is 0 Å². The van der Waals surface area contributed by atoms with E-state index in [9.17, 15) is 0 Å². The van der Waals surface area contributed by atoms with Crippen molar-refractivity contribution in [3.8, 4) is 5.75 Å². The van der Waals surface area contributed by atoms with E-state index in [1.54, 1.807) is 0 Å². The maximum Gasteiger partial charge on any atom is 0.125 e. The van der Waals surface area contributed by atoms with E-state index in [1.807, 2.05) is 0 Å². The van der Waals surface area contributed by atoms with Crippen LogP contribution in [0.5, 0.6) is 5.75 Å². The molecule has 0 saturated carbocycles. The fraction of sp³-hybridized carbons (Fsp3) is 0.600. The largest absolute Gasteiger partial charge is 1.00 e. The molecule has 1 saturated heterocycles. The highest BCUT2D eigenvalue weighted by atomic mass is 35.5. The van der Waals surface area contributed by atoms with Gasteiger partial charge in [0.1, 0.15) is 5.75 Å². The fourth-order valence-corrected chi connectivity index (χ4v) is 2.31. The molecule has 0 radical (unpaired) electrons. The summed E-state index contributed by atoms with van der Waals surface area (Å²) < 4.78 is 11.2. The first-order chi connectivity index (χ1) is 8.77. The number of morpholine rings is 1. The maximum absolute atomic E-state index is 5.90. The lowest BCUT2D eigenvalue weighted by atomic mass is 10.1. The number of benzene rings is 1. The molecule has 3 nitrogen and oxygen atoms in total. The van der Waals surface area contributed by atoms with Crippen LogP contribution in [0.15, 0.2) is 18.2 Å². The number of halogens is 1. The van der Waals surface area contributed by atoms with Gasteiger partial charge in [-0.15, -0.1) is 0 Å². The molecule has 0 spiro atoms. The number of hydrogen-bond donors (Lipinski definition) is 0. The summed E-state index contributed by atoms with van der Waals surface area (Å²) in [6.07, 6.45) is 1.08. The summed E-state index contributed by atoms with van der Waals surface area (Å²) >= 11 is 0. The van der Waals surface area contributed by atoms with E-state index in [0.717, 1.165) is 51.6 Å². The van der Waals surface area contributed by atoms with Crippen LogP contribution in [0.3, 0.4) is 0 Å². The first-order valence-electron chi connectivity index (χ1n) is 6.76. The van der Waals surface area contributed by atoms with Gasteiger partial charge in [-0.3, -0.25) is 4.90 Å². The van der Waals surface area contributed by atoms with Gasteiger partial charge >= 0.3 is 0 Å². The summed E-state index contributed by atoms with van der Waals surface area (Å²) in [6, 6.07) is 6.28. The Labute approximate surface area is 122 Å². The van der Waals surface area contributed by atoms with Gasteiger partial charge in [0.2, 0.25) is 0 Å². The average Bonchev–Trinajstić information content (AvgIpc) is 2.38. The van der Waals surface area contributed by atoms with Crippen LogP contribution in [-0.2, 0) is 4.74 Å². The monoisotopic (exact) mass is 284 g/mol. The van der Waals surface area contributed by atoms with E-state index in [0.29, 0.717) is 0 Å². The summed E-state index contributed by atoms with van der Waals surface area (Å²) in [5.74, 6) is 1.06. The van der Waals surface area contributed by atoms with Gasteiger partial charge in [0, 0.05) is 19.6 Å². The Kier molecular flexibility index (Phi) is 7.21. The number of rotatable bonds is 5. The van der Waals surface area contributed by atoms with Gasteiger partial charge in [0.05, 0.1) is 19.8 Å². The van der Waals surface area contributed by atoms with Crippen molar-refractivity contribution >= 4 is 0 Å². The highest BCUT2D eigenvalue weighted by Crippen LogP contribution is 2.22. The summed E-state index contributed by atoms with van der Waals surface area (Å²) in [5, 5.41) is 0. The Morgan fingerprint density at radius 3 is 2.42 bits per heavy atom. The predicted octanol–water partition coefficient (Wildman–Crippen LogP) is -0.591. The van der Waals surface area contributed by atoms with Crippen molar-refractivity contribution in [3.63, 3.8) is 0 Å². The molecule has 0 amide bonds. The molecule has 1 heterocycles. The molecular formula is C15H23ClNO2-. The topological polar surface area (TPSA) is 21.7 Å². The number of aryl methyl sites for hydroxylation is 2. The van der Waals surface area contributed by atoms with Gasteiger partial charge < -0.3 is 21.9 Å². The highest BCUT2D eigenvalue weighted by molar-refractivity contribution is 5.39. The van der Waals surface area contributed by atoms with Crippen molar-refractivity contribution in [1.29, 1.82) is 0 Å². The van der Waals surface area contributed by atoms with Gasteiger partial charge in [0.15, 0.2) is 0 Å². The molecule has 19 heavy (non-hydrogen) atoms. The third kappa shape index (κ3) is 5.01. The van der Waals surface area contributed by atoms with E-state index in [1.165, 1.54) is 11.1 Å². The Morgan fingerprint density at radius 2 is 1.79 bits per heavy atom. The molecule has 1 aromatic carbocycles. The fourth-order valence-electron chi connectivity index (χ4n) is 2.31. The van der Waals surface area contributed by atoms with E-state index >= 15 is 0 Å². The van der Waals surface area contributed by atoms with Crippen LogP contribution in [0.2, 0.25) is 0 Å². The second-order valence-corrected chi connectivity index (χ2v) is 4.88. The van der Waals surface area contributed by atoms with Crippen molar-refractivity contribution in [2.75, 3.05) is 39.5 Å². The molecule has 0 aromatic heterocycles. The summed E-state index contributed by atoms with van der Waals surface area (Å²) in [5.41, 5.74) is 2.45. The van der Waals surface area contributed by atoms with Crippen molar-refractivity contribution in [1.82, 2.24) is 4.90 Å². The second-order valence-electron chi connectivity index (χ2n) is 4.88. The van der Waals surface area contributed by atoms with E-state index in [4.69, 9.17) is 9.47 Å². The van der Waals surface area contributed by atoms with Gasteiger partial charge in [-0.05, 0) is 31.4 Å². The molecule has 0 unspecified atom stereocenters. The minimum absolute atomic E-state index is 0.